The first-order valence-corrected chi connectivity index (χ1v) is 6.19. The Bertz CT molecular complexity index is 467. The van der Waals surface area contributed by atoms with E-state index in [1.807, 2.05) is 5.32 Å². The van der Waals surface area contributed by atoms with Gasteiger partial charge < -0.3 is 15.4 Å². The van der Waals surface area contributed by atoms with E-state index in [2.05, 4.69) is 5.32 Å². The van der Waals surface area contributed by atoms with Crippen molar-refractivity contribution in [1.29, 1.82) is 0 Å². The van der Waals surface area contributed by atoms with Crippen LogP contribution in [0.2, 0.25) is 5.02 Å². The number of carbonyl (C=O) groups excluding carboxylic acids is 1. The van der Waals surface area contributed by atoms with Gasteiger partial charge in [0.2, 0.25) is 5.91 Å². The third-order valence-corrected chi connectivity index (χ3v) is 2.36. The quantitative estimate of drug-likeness (QED) is 0.849. The summed E-state index contributed by atoms with van der Waals surface area (Å²) in [6.45, 7) is 0.466. The highest BCUT2D eigenvalue weighted by molar-refractivity contribution is 6.31. The first kappa shape index (κ1) is 16.6. The Labute approximate surface area is 119 Å². The molecule has 2 N–H and O–H groups in total. The molecule has 1 amide bonds. The fraction of sp³-hybridized carbons (Fsp3) is 0.417. The molecule has 20 heavy (non-hydrogen) atoms. The van der Waals surface area contributed by atoms with E-state index < -0.39 is 25.2 Å². The van der Waals surface area contributed by atoms with Gasteiger partial charge in [-0.3, -0.25) is 4.79 Å². The van der Waals surface area contributed by atoms with E-state index in [-0.39, 0.29) is 0 Å². The van der Waals surface area contributed by atoms with Gasteiger partial charge in [0.1, 0.15) is 5.75 Å². The van der Waals surface area contributed by atoms with Gasteiger partial charge in [-0.05, 0) is 25.1 Å². The van der Waals surface area contributed by atoms with Crippen LogP contribution in [0.5, 0.6) is 5.75 Å². The molecule has 0 saturated carbocycles. The van der Waals surface area contributed by atoms with E-state index in [1.54, 1.807) is 19.1 Å². The van der Waals surface area contributed by atoms with Gasteiger partial charge in [0.25, 0.3) is 0 Å². The van der Waals surface area contributed by atoms with E-state index in [0.29, 0.717) is 23.1 Å². The standard InChI is InChI=1S/C12H14ClF3N2O2/c1-2-20-10-4-3-8(13)5-9(10)18-11(19)6-17-7-12(14,15)16/h3-5,17H,2,6-7H2,1H3,(H,18,19). The van der Waals surface area contributed by atoms with Crippen molar-refractivity contribution in [1.82, 2.24) is 5.32 Å². The largest absolute Gasteiger partial charge is 0.492 e. The normalized spacial score (nSPS) is 11.2. The summed E-state index contributed by atoms with van der Waals surface area (Å²) in [6.07, 6.45) is -4.35. The molecule has 112 valence electrons. The number of hydrogen-bond acceptors (Lipinski definition) is 3. The van der Waals surface area contributed by atoms with E-state index in [0.717, 1.165) is 0 Å². The van der Waals surface area contributed by atoms with Crippen molar-refractivity contribution < 1.29 is 22.7 Å². The second kappa shape index (κ2) is 7.35. The van der Waals surface area contributed by atoms with E-state index in [9.17, 15) is 18.0 Å². The monoisotopic (exact) mass is 310 g/mol. The third-order valence-electron chi connectivity index (χ3n) is 2.13. The lowest BCUT2D eigenvalue weighted by Gasteiger charge is -2.12. The van der Waals surface area contributed by atoms with Crippen LogP contribution in [0, 0.1) is 0 Å². The van der Waals surface area contributed by atoms with Gasteiger partial charge in [-0.15, -0.1) is 0 Å². The SMILES string of the molecule is CCOc1ccc(Cl)cc1NC(=O)CNCC(F)(F)F. The zero-order valence-electron chi connectivity index (χ0n) is 10.7. The van der Waals surface area contributed by atoms with Crippen LogP contribution in [-0.4, -0.2) is 31.8 Å². The van der Waals surface area contributed by atoms with Crippen LogP contribution in [0.15, 0.2) is 18.2 Å². The molecule has 0 saturated heterocycles. The minimum atomic E-state index is -4.35. The first-order valence-electron chi connectivity index (χ1n) is 5.81. The van der Waals surface area contributed by atoms with Gasteiger partial charge in [-0.2, -0.15) is 13.2 Å². The number of carbonyl (C=O) groups is 1. The highest BCUT2D eigenvalue weighted by Gasteiger charge is 2.26. The maximum Gasteiger partial charge on any atom is 0.401 e. The lowest BCUT2D eigenvalue weighted by molar-refractivity contribution is -0.126. The van der Waals surface area contributed by atoms with Gasteiger partial charge in [0.05, 0.1) is 25.4 Å². The van der Waals surface area contributed by atoms with Gasteiger partial charge in [-0.25, -0.2) is 0 Å². The van der Waals surface area contributed by atoms with Crippen LogP contribution in [0.3, 0.4) is 0 Å². The molecule has 0 bridgehead atoms. The molecule has 1 aromatic carbocycles. The second-order valence-electron chi connectivity index (χ2n) is 3.84. The predicted molar refractivity (Wildman–Crippen MR) is 70.2 cm³/mol. The molecule has 0 aromatic heterocycles. The summed E-state index contributed by atoms with van der Waals surface area (Å²) >= 11 is 5.79. The highest BCUT2D eigenvalue weighted by Crippen LogP contribution is 2.27. The maximum absolute atomic E-state index is 11.9. The number of anilines is 1. The molecule has 0 radical (unpaired) electrons. The number of alkyl halides is 3. The van der Waals surface area contributed by atoms with Crippen molar-refractivity contribution in [2.24, 2.45) is 0 Å². The number of rotatable bonds is 6. The first-order chi connectivity index (χ1) is 9.31. The Kier molecular flexibility index (Phi) is 6.09. The summed E-state index contributed by atoms with van der Waals surface area (Å²) in [4.78, 5) is 11.5. The van der Waals surface area contributed by atoms with Crippen molar-refractivity contribution in [2.45, 2.75) is 13.1 Å². The van der Waals surface area contributed by atoms with Crippen molar-refractivity contribution in [3.05, 3.63) is 23.2 Å². The molecule has 0 aliphatic heterocycles. The average Bonchev–Trinajstić information content (AvgIpc) is 2.31. The number of ether oxygens (including phenoxy) is 1. The topological polar surface area (TPSA) is 50.4 Å². The summed E-state index contributed by atoms with van der Waals surface area (Å²) in [7, 11) is 0. The molecule has 0 spiro atoms. The smallest absolute Gasteiger partial charge is 0.401 e. The summed E-state index contributed by atoms with van der Waals surface area (Å²) < 4.78 is 41.0. The van der Waals surface area contributed by atoms with Gasteiger partial charge in [0.15, 0.2) is 0 Å². The molecule has 0 fully saturated rings. The van der Waals surface area contributed by atoms with E-state index >= 15 is 0 Å². The van der Waals surface area contributed by atoms with Crippen LogP contribution in [0.1, 0.15) is 6.92 Å². The number of hydrogen-bond donors (Lipinski definition) is 2. The molecule has 8 heteroatoms. The highest BCUT2D eigenvalue weighted by atomic mass is 35.5. The Hall–Kier alpha value is -1.47. The zero-order valence-corrected chi connectivity index (χ0v) is 11.4. The fourth-order valence-electron chi connectivity index (χ4n) is 1.39. The van der Waals surface area contributed by atoms with Crippen LogP contribution < -0.4 is 15.4 Å². The molecule has 1 aromatic rings. The van der Waals surface area contributed by atoms with Crippen molar-refractivity contribution in [3.8, 4) is 5.75 Å². The lowest BCUT2D eigenvalue weighted by Crippen LogP contribution is -2.35. The number of amides is 1. The molecule has 1 rings (SSSR count). The average molecular weight is 311 g/mol. The van der Waals surface area contributed by atoms with Crippen LogP contribution >= 0.6 is 11.6 Å². The van der Waals surface area contributed by atoms with Crippen LogP contribution in [0.4, 0.5) is 18.9 Å². The van der Waals surface area contributed by atoms with Crippen molar-refractivity contribution >= 4 is 23.2 Å². The molecular formula is C12H14ClF3N2O2. The minimum Gasteiger partial charge on any atom is -0.492 e. The summed E-state index contributed by atoms with van der Waals surface area (Å²) in [5.41, 5.74) is 0.318. The predicted octanol–water partition coefficient (Wildman–Crippen LogP) is 2.83. The Morgan fingerprint density at radius 1 is 1.40 bits per heavy atom. The number of benzene rings is 1. The number of halogens is 4. The van der Waals surface area contributed by atoms with Gasteiger partial charge in [0, 0.05) is 5.02 Å². The molecule has 0 aliphatic carbocycles. The summed E-state index contributed by atoms with van der Waals surface area (Å²) in [5.74, 6) is -0.210. The maximum atomic E-state index is 11.9. The second-order valence-corrected chi connectivity index (χ2v) is 4.28. The molecule has 0 unspecified atom stereocenters. The van der Waals surface area contributed by atoms with Crippen LogP contribution in [0.25, 0.3) is 0 Å². The molecular weight excluding hydrogens is 297 g/mol. The van der Waals surface area contributed by atoms with Gasteiger partial charge >= 0.3 is 6.18 Å². The minimum absolute atomic E-state index is 0.318. The van der Waals surface area contributed by atoms with Gasteiger partial charge in [-0.1, -0.05) is 11.6 Å². The molecule has 4 nitrogen and oxygen atoms in total. The summed E-state index contributed by atoms with van der Waals surface area (Å²) in [6, 6.07) is 4.63. The molecule has 0 heterocycles. The van der Waals surface area contributed by atoms with Crippen LogP contribution in [-0.2, 0) is 4.79 Å². The fourth-order valence-corrected chi connectivity index (χ4v) is 1.57. The van der Waals surface area contributed by atoms with Crippen molar-refractivity contribution in [3.63, 3.8) is 0 Å². The Balaban J connectivity index is 2.58. The Morgan fingerprint density at radius 2 is 2.10 bits per heavy atom. The molecule has 0 aliphatic rings. The third kappa shape index (κ3) is 6.12. The zero-order chi connectivity index (χ0) is 15.2. The Morgan fingerprint density at radius 3 is 2.70 bits per heavy atom. The van der Waals surface area contributed by atoms with E-state index in [1.165, 1.54) is 6.07 Å². The summed E-state index contributed by atoms with van der Waals surface area (Å²) in [5, 5.41) is 4.83. The molecule has 0 atom stereocenters. The van der Waals surface area contributed by atoms with Crippen molar-refractivity contribution in [2.75, 3.05) is 25.0 Å². The lowest BCUT2D eigenvalue weighted by atomic mass is 10.3. The van der Waals surface area contributed by atoms with E-state index in [4.69, 9.17) is 16.3 Å². The number of nitrogens with one attached hydrogen (secondary N) is 2.